The van der Waals surface area contributed by atoms with Crippen molar-refractivity contribution in [2.45, 2.75) is 50.6 Å². The van der Waals surface area contributed by atoms with Crippen molar-refractivity contribution in [2.75, 3.05) is 0 Å². The van der Waals surface area contributed by atoms with Gasteiger partial charge in [0.15, 0.2) is 0 Å². The molecule has 1 heterocycles. The third-order valence-corrected chi connectivity index (χ3v) is 4.17. The van der Waals surface area contributed by atoms with Gasteiger partial charge in [-0.2, -0.15) is 17.5 Å². The molecular formula is C11H12F5NS. The van der Waals surface area contributed by atoms with Gasteiger partial charge in [-0.15, -0.1) is 0 Å². The zero-order chi connectivity index (χ0) is 13.6. The van der Waals surface area contributed by atoms with Crippen LogP contribution in [0.25, 0.3) is 0 Å². The average molecular weight is 285 g/mol. The molecule has 0 bridgehead atoms. The van der Waals surface area contributed by atoms with Gasteiger partial charge in [-0.25, -0.2) is 8.78 Å². The minimum Gasteiger partial charge on any atom is -0.207 e. The van der Waals surface area contributed by atoms with Crippen LogP contribution in [0.15, 0.2) is 0 Å². The van der Waals surface area contributed by atoms with Crippen molar-refractivity contribution >= 4 is 11.5 Å². The quantitative estimate of drug-likeness (QED) is 0.722. The normalized spacial score (nSPS) is 23.6. The van der Waals surface area contributed by atoms with Gasteiger partial charge >= 0.3 is 6.18 Å². The van der Waals surface area contributed by atoms with Crippen LogP contribution >= 0.6 is 11.5 Å². The third-order valence-electron chi connectivity index (χ3n) is 3.22. The fourth-order valence-corrected chi connectivity index (χ4v) is 3.30. The summed E-state index contributed by atoms with van der Waals surface area (Å²) in [6.45, 7) is 1.59. The first-order valence-corrected chi connectivity index (χ1v) is 6.45. The van der Waals surface area contributed by atoms with Gasteiger partial charge in [-0.1, -0.05) is 6.92 Å². The maximum Gasteiger partial charge on any atom is 0.427 e. The molecule has 0 amide bonds. The smallest absolute Gasteiger partial charge is 0.207 e. The molecule has 7 heteroatoms. The topological polar surface area (TPSA) is 12.9 Å². The summed E-state index contributed by atoms with van der Waals surface area (Å²) < 4.78 is 68.1. The van der Waals surface area contributed by atoms with Crippen LogP contribution in [-0.2, 0) is 12.6 Å². The largest absolute Gasteiger partial charge is 0.427 e. The molecule has 102 valence electrons. The number of hydrogen-bond donors (Lipinski definition) is 0. The first-order valence-electron chi connectivity index (χ1n) is 5.68. The van der Waals surface area contributed by atoms with E-state index in [-0.39, 0.29) is 36.9 Å². The highest BCUT2D eigenvalue weighted by Gasteiger charge is 2.44. The predicted octanol–water partition coefficient (Wildman–Crippen LogP) is 4.63. The summed E-state index contributed by atoms with van der Waals surface area (Å²) in [7, 11) is 0. The zero-order valence-electron chi connectivity index (χ0n) is 9.65. The number of halogens is 5. The molecule has 1 aromatic rings. The van der Waals surface area contributed by atoms with E-state index >= 15 is 0 Å². The Morgan fingerprint density at radius 3 is 2.50 bits per heavy atom. The number of hydrogen-bond acceptors (Lipinski definition) is 2. The molecule has 1 unspecified atom stereocenters. The molecule has 1 aromatic heterocycles. The van der Waals surface area contributed by atoms with Crippen LogP contribution in [0, 0.1) is 0 Å². The standard InChI is InChI=1S/C11H12F5NS/c1-2-7-8(6-3-4-10(12,13)5-6)17-18-9(7)11(14,15)16/h6H,2-5H2,1H3. The summed E-state index contributed by atoms with van der Waals surface area (Å²) in [4.78, 5) is -0.741. The molecule has 1 aliphatic carbocycles. The molecule has 1 atom stereocenters. The Hall–Kier alpha value is -0.720. The van der Waals surface area contributed by atoms with Crippen molar-refractivity contribution in [1.29, 1.82) is 0 Å². The Morgan fingerprint density at radius 1 is 1.39 bits per heavy atom. The van der Waals surface area contributed by atoms with Gasteiger partial charge in [0, 0.05) is 18.8 Å². The minimum atomic E-state index is -4.44. The lowest BCUT2D eigenvalue weighted by molar-refractivity contribution is -0.134. The lowest BCUT2D eigenvalue weighted by Gasteiger charge is -2.11. The predicted molar refractivity (Wildman–Crippen MR) is 58.0 cm³/mol. The lowest BCUT2D eigenvalue weighted by atomic mass is 9.97. The van der Waals surface area contributed by atoms with E-state index in [1.807, 2.05) is 0 Å². The van der Waals surface area contributed by atoms with Gasteiger partial charge in [-0.3, -0.25) is 0 Å². The molecule has 0 saturated heterocycles. The van der Waals surface area contributed by atoms with E-state index in [1.165, 1.54) is 0 Å². The van der Waals surface area contributed by atoms with Crippen molar-refractivity contribution in [2.24, 2.45) is 0 Å². The van der Waals surface area contributed by atoms with Crippen LogP contribution in [0.2, 0.25) is 0 Å². The molecule has 0 radical (unpaired) electrons. The van der Waals surface area contributed by atoms with Crippen molar-refractivity contribution in [3.8, 4) is 0 Å². The molecule has 0 aliphatic heterocycles. The lowest BCUT2D eigenvalue weighted by Crippen LogP contribution is -2.10. The van der Waals surface area contributed by atoms with Crippen molar-refractivity contribution in [1.82, 2.24) is 4.37 Å². The monoisotopic (exact) mass is 285 g/mol. The minimum absolute atomic E-state index is 0.0928. The Balaban J connectivity index is 2.33. The van der Waals surface area contributed by atoms with Gasteiger partial charge < -0.3 is 0 Å². The summed E-state index contributed by atoms with van der Waals surface area (Å²) in [5.74, 6) is -3.31. The van der Waals surface area contributed by atoms with Crippen LogP contribution in [0.5, 0.6) is 0 Å². The van der Waals surface area contributed by atoms with Gasteiger partial charge in [0.1, 0.15) is 4.88 Å². The first kappa shape index (κ1) is 13.7. The second kappa shape index (κ2) is 4.43. The number of aromatic nitrogens is 1. The first-order chi connectivity index (χ1) is 8.24. The van der Waals surface area contributed by atoms with E-state index < -0.39 is 22.9 Å². The average Bonchev–Trinajstić information content (AvgIpc) is 2.79. The highest BCUT2D eigenvalue weighted by molar-refractivity contribution is 7.06. The van der Waals surface area contributed by atoms with Crippen molar-refractivity contribution in [3.63, 3.8) is 0 Å². The maximum absolute atomic E-state index is 13.1. The van der Waals surface area contributed by atoms with E-state index in [2.05, 4.69) is 4.37 Å². The molecule has 1 nitrogen and oxygen atoms in total. The summed E-state index contributed by atoms with van der Waals surface area (Å²) in [6, 6.07) is 0. The summed E-state index contributed by atoms with van der Waals surface area (Å²) in [5.41, 5.74) is 0.321. The van der Waals surface area contributed by atoms with Gasteiger partial charge in [-0.05, 0) is 29.9 Å². The number of rotatable bonds is 2. The van der Waals surface area contributed by atoms with Crippen molar-refractivity contribution in [3.05, 3.63) is 16.1 Å². The highest BCUT2D eigenvalue weighted by atomic mass is 32.1. The second-order valence-electron chi connectivity index (χ2n) is 4.52. The molecular weight excluding hydrogens is 273 g/mol. The van der Waals surface area contributed by atoms with E-state index in [0.29, 0.717) is 11.5 Å². The zero-order valence-corrected chi connectivity index (χ0v) is 10.5. The second-order valence-corrected chi connectivity index (χ2v) is 5.30. The Morgan fingerprint density at radius 2 is 2.06 bits per heavy atom. The van der Waals surface area contributed by atoms with Crippen LogP contribution in [0.4, 0.5) is 22.0 Å². The summed E-state index contributed by atoms with van der Waals surface area (Å²) in [5, 5.41) is 0. The molecule has 1 saturated carbocycles. The molecule has 0 N–H and O–H groups in total. The summed E-state index contributed by atoms with van der Waals surface area (Å²) in [6.07, 6.45) is -4.72. The third kappa shape index (κ3) is 2.50. The van der Waals surface area contributed by atoms with Gasteiger partial charge in [0.2, 0.25) is 5.92 Å². The van der Waals surface area contributed by atoms with Crippen LogP contribution in [-0.4, -0.2) is 10.3 Å². The van der Waals surface area contributed by atoms with E-state index in [9.17, 15) is 22.0 Å². The van der Waals surface area contributed by atoms with Crippen LogP contribution in [0.1, 0.15) is 48.2 Å². The SMILES string of the molecule is CCc1c(C2CCC(F)(F)C2)nsc1C(F)(F)F. The molecule has 0 aromatic carbocycles. The molecule has 1 fully saturated rings. The Kier molecular flexibility index (Phi) is 3.38. The molecule has 0 spiro atoms. The van der Waals surface area contributed by atoms with Crippen molar-refractivity contribution < 1.29 is 22.0 Å². The Labute approximate surface area is 105 Å². The van der Waals surface area contributed by atoms with E-state index in [4.69, 9.17) is 0 Å². The van der Waals surface area contributed by atoms with Gasteiger partial charge in [0.05, 0.1) is 5.69 Å². The fraction of sp³-hybridized carbons (Fsp3) is 0.727. The Bertz CT molecular complexity index is 437. The fourth-order valence-electron chi connectivity index (χ4n) is 2.39. The molecule has 2 rings (SSSR count). The number of nitrogens with zero attached hydrogens (tertiary/aromatic N) is 1. The maximum atomic E-state index is 13.1. The highest BCUT2D eigenvalue weighted by Crippen LogP contribution is 2.47. The van der Waals surface area contributed by atoms with Gasteiger partial charge in [0.25, 0.3) is 0 Å². The summed E-state index contributed by atoms with van der Waals surface area (Å²) >= 11 is 0.375. The molecule has 18 heavy (non-hydrogen) atoms. The van der Waals surface area contributed by atoms with Crippen LogP contribution < -0.4 is 0 Å². The van der Waals surface area contributed by atoms with E-state index in [0.717, 1.165) is 0 Å². The van der Waals surface area contributed by atoms with E-state index in [1.54, 1.807) is 6.92 Å². The van der Waals surface area contributed by atoms with Crippen LogP contribution in [0.3, 0.4) is 0 Å². The molecule has 1 aliphatic rings. The number of alkyl halides is 5.